The molecule has 0 fully saturated rings. The largest absolute Gasteiger partial charge is 0.481 e. The summed E-state index contributed by atoms with van der Waals surface area (Å²) in [5.74, 6) is -7.32. The molecule has 0 spiro atoms. The Morgan fingerprint density at radius 3 is 1.90 bits per heavy atom. The van der Waals surface area contributed by atoms with Crippen LogP contribution in [0.3, 0.4) is 0 Å². The summed E-state index contributed by atoms with van der Waals surface area (Å²) in [6.45, 7) is 1.14. The van der Waals surface area contributed by atoms with Gasteiger partial charge in [-0.25, -0.2) is 4.79 Å². The third-order valence-corrected chi connectivity index (χ3v) is 2.30. The molecule has 0 amide bonds. The maximum absolute atomic E-state index is 11.3. The number of hydrogen-bond donors (Lipinski definition) is 4. The molecule has 4 N–H and O–H groups in total. The first-order valence-electron chi connectivity index (χ1n) is 5.74. The Kier molecular flexibility index (Phi) is 10.5. The Morgan fingerprint density at radius 2 is 1.55 bits per heavy atom. The Balaban J connectivity index is 0. The molecule has 0 saturated heterocycles. The summed E-state index contributed by atoms with van der Waals surface area (Å²) in [5.41, 5.74) is 0. The van der Waals surface area contributed by atoms with E-state index in [4.69, 9.17) is 10.2 Å². The van der Waals surface area contributed by atoms with Crippen LogP contribution in [0.15, 0.2) is 0 Å². The van der Waals surface area contributed by atoms with Crippen LogP contribution in [0.2, 0.25) is 0 Å². The number of ether oxygens (including phenoxy) is 1. The minimum absolute atomic E-state index is 0. The molecule has 8 nitrogen and oxygen atoms in total. The van der Waals surface area contributed by atoms with Gasteiger partial charge < -0.3 is 25.2 Å². The van der Waals surface area contributed by atoms with Crippen molar-refractivity contribution in [3.63, 3.8) is 0 Å². The quantitative estimate of drug-likeness (QED) is 0.254. The van der Waals surface area contributed by atoms with Crippen molar-refractivity contribution in [1.82, 2.24) is 0 Å². The number of esters is 1. The summed E-state index contributed by atoms with van der Waals surface area (Å²) < 4.78 is 4.56. The summed E-state index contributed by atoms with van der Waals surface area (Å²) in [6, 6.07) is 0. The number of rotatable bonds is 9. The number of aliphatic carboxylic acids is 2. The van der Waals surface area contributed by atoms with E-state index in [-0.39, 0.29) is 28.1 Å². The van der Waals surface area contributed by atoms with Crippen LogP contribution in [0.5, 0.6) is 0 Å². The maximum Gasteiger partial charge on any atom is 0.366 e. The average Bonchev–Trinajstić information content (AvgIpc) is 2.23. The second-order valence-corrected chi connectivity index (χ2v) is 4.23. The van der Waals surface area contributed by atoms with Crippen molar-refractivity contribution in [2.45, 2.75) is 38.4 Å². The van der Waals surface area contributed by atoms with Gasteiger partial charge in [0.15, 0.2) is 0 Å². The topological polar surface area (TPSA) is 141 Å². The summed E-state index contributed by atoms with van der Waals surface area (Å²) in [4.78, 5) is 32.3. The van der Waals surface area contributed by atoms with Crippen molar-refractivity contribution in [1.29, 1.82) is 0 Å². The maximum atomic E-state index is 11.3. The number of carboxylic acids is 2. The van der Waals surface area contributed by atoms with Gasteiger partial charge in [0, 0.05) is 34.1 Å². The number of hydrogen-bond acceptors (Lipinski definition) is 6. The fraction of sp³-hybridized carbons (Fsp3) is 0.727. The molecule has 0 aromatic heterocycles. The van der Waals surface area contributed by atoms with Crippen LogP contribution in [-0.4, -0.2) is 50.7 Å². The molecule has 0 heterocycles. The van der Waals surface area contributed by atoms with E-state index in [1.54, 1.807) is 6.92 Å². The average molecular weight is 326 g/mol. The van der Waals surface area contributed by atoms with Crippen LogP contribution in [0, 0.1) is 5.92 Å². The molecule has 0 aliphatic rings. The molecule has 114 valence electrons. The van der Waals surface area contributed by atoms with Crippen molar-refractivity contribution >= 4 is 17.9 Å². The standard InChI is InChI=1S/C11H18O8.Ti/c1-2-3-11(17,18)10(16)19-6-7(4-8(12)13)5-9(14)15;/h7,17-18H,2-6H2,1H3,(H,12,13)(H,14,15);. The fourth-order valence-electron chi connectivity index (χ4n) is 1.44. The Labute approximate surface area is 130 Å². The summed E-state index contributed by atoms with van der Waals surface area (Å²) >= 11 is 0. The number of carbonyl (C=O) groups is 3. The molecule has 0 radical (unpaired) electrons. The van der Waals surface area contributed by atoms with E-state index >= 15 is 0 Å². The molecule has 0 aromatic rings. The molecule has 0 aromatic carbocycles. The SMILES string of the molecule is CCCC(O)(O)C(=O)OCC(CC(=O)O)CC(=O)O.[Ti]. The van der Waals surface area contributed by atoms with Crippen molar-refractivity contribution in [2.24, 2.45) is 5.92 Å². The van der Waals surface area contributed by atoms with Crippen LogP contribution in [0.25, 0.3) is 0 Å². The predicted octanol–water partition coefficient (Wildman–Crippen LogP) is -0.426. The third-order valence-electron chi connectivity index (χ3n) is 2.30. The number of carboxylic acid groups (broad SMARTS) is 2. The van der Waals surface area contributed by atoms with E-state index in [1.807, 2.05) is 0 Å². The molecule has 0 bridgehead atoms. The molecule has 0 saturated carbocycles. The van der Waals surface area contributed by atoms with Gasteiger partial charge in [0.2, 0.25) is 0 Å². The van der Waals surface area contributed by atoms with Gasteiger partial charge in [-0.05, 0) is 0 Å². The molecular formula is C11H18O8Ti. The van der Waals surface area contributed by atoms with Crippen LogP contribution < -0.4 is 0 Å². The Bertz CT molecular complexity index is 325. The number of carbonyl (C=O) groups excluding carboxylic acids is 1. The zero-order chi connectivity index (χ0) is 15.1. The summed E-state index contributed by atoms with van der Waals surface area (Å²) in [5, 5.41) is 35.8. The van der Waals surface area contributed by atoms with Gasteiger partial charge in [-0.2, -0.15) is 0 Å². The predicted molar refractivity (Wildman–Crippen MR) is 61.0 cm³/mol. The smallest absolute Gasteiger partial charge is 0.366 e. The Morgan fingerprint density at radius 1 is 1.10 bits per heavy atom. The molecule has 0 rings (SSSR count). The first kappa shape index (κ1) is 21.3. The van der Waals surface area contributed by atoms with Gasteiger partial charge in [0.25, 0.3) is 5.79 Å². The van der Waals surface area contributed by atoms with Crippen molar-refractivity contribution in [2.75, 3.05) is 6.61 Å². The molecule has 9 heteroatoms. The van der Waals surface area contributed by atoms with Gasteiger partial charge in [0.05, 0.1) is 19.4 Å². The monoisotopic (exact) mass is 326 g/mol. The van der Waals surface area contributed by atoms with Crippen LogP contribution in [0.4, 0.5) is 0 Å². The fourth-order valence-corrected chi connectivity index (χ4v) is 1.44. The van der Waals surface area contributed by atoms with E-state index < -0.39 is 49.1 Å². The van der Waals surface area contributed by atoms with E-state index in [2.05, 4.69) is 4.74 Å². The first-order chi connectivity index (χ1) is 8.69. The van der Waals surface area contributed by atoms with Gasteiger partial charge in [-0.15, -0.1) is 0 Å². The molecule has 0 aliphatic heterocycles. The van der Waals surface area contributed by atoms with E-state index in [0.29, 0.717) is 6.42 Å². The summed E-state index contributed by atoms with van der Waals surface area (Å²) in [7, 11) is 0. The van der Waals surface area contributed by atoms with E-state index in [9.17, 15) is 24.6 Å². The first-order valence-corrected chi connectivity index (χ1v) is 5.74. The molecule has 0 atom stereocenters. The second kappa shape index (κ2) is 9.87. The minimum Gasteiger partial charge on any atom is -0.481 e. The van der Waals surface area contributed by atoms with Crippen molar-refractivity contribution < 1.29 is 61.3 Å². The van der Waals surface area contributed by atoms with Gasteiger partial charge in [-0.1, -0.05) is 13.3 Å². The zero-order valence-corrected chi connectivity index (χ0v) is 12.6. The van der Waals surface area contributed by atoms with Crippen LogP contribution >= 0.6 is 0 Å². The zero-order valence-electron chi connectivity index (χ0n) is 11.0. The Hall–Kier alpha value is -0.956. The molecule has 20 heavy (non-hydrogen) atoms. The van der Waals surface area contributed by atoms with Gasteiger partial charge in [-0.3, -0.25) is 9.59 Å². The third kappa shape index (κ3) is 9.03. The summed E-state index contributed by atoms with van der Waals surface area (Å²) in [6.07, 6.45) is -0.876. The number of aliphatic hydroxyl groups is 2. The van der Waals surface area contributed by atoms with Crippen molar-refractivity contribution in [3.8, 4) is 0 Å². The second-order valence-electron chi connectivity index (χ2n) is 4.23. The molecule has 0 aliphatic carbocycles. The van der Waals surface area contributed by atoms with Gasteiger partial charge >= 0.3 is 17.9 Å². The van der Waals surface area contributed by atoms with Crippen LogP contribution in [0.1, 0.15) is 32.6 Å². The van der Waals surface area contributed by atoms with Crippen molar-refractivity contribution in [3.05, 3.63) is 0 Å². The normalized spacial score (nSPS) is 10.8. The molecular weight excluding hydrogens is 308 g/mol. The molecule has 0 unspecified atom stereocenters. The van der Waals surface area contributed by atoms with E-state index in [0.717, 1.165) is 0 Å². The van der Waals surface area contributed by atoms with E-state index in [1.165, 1.54) is 0 Å². The van der Waals surface area contributed by atoms with Gasteiger partial charge in [0.1, 0.15) is 0 Å². The van der Waals surface area contributed by atoms with Crippen LogP contribution in [-0.2, 0) is 40.8 Å². The minimum atomic E-state index is -2.63.